The summed E-state index contributed by atoms with van der Waals surface area (Å²) in [4.78, 5) is 84.2. The number of hydrogen-bond donors (Lipinski definition) is 1. The van der Waals surface area contributed by atoms with Crippen molar-refractivity contribution in [1.29, 1.82) is 5.41 Å². The van der Waals surface area contributed by atoms with Crippen molar-refractivity contribution in [1.82, 2.24) is 0 Å². The normalized spacial score (nSPS) is 23.1. The van der Waals surface area contributed by atoms with Crippen molar-refractivity contribution in [2.45, 2.75) is 72.1 Å². The molecule has 0 saturated carbocycles. The molecule has 2 heterocycles. The molecule has 2 aliphatic rings. The number of hydrogen-bond acceptors (Lipinski definition) is 17. The molecule has 76 heavy (non-hydrogen) atoms. The Labute approximate surface area is 450 Å². The van der Waals surface area contributed by atoms with E-state index in [1.807, 2.05) is 0 Å². The molecular weight excluding hydrogens is 1050 g/mol. The second-order valence-corrected chi connectivity index (χ2v) is 19.2. The molecule has 20 heteroatoms. The second-order valence-electron chi connectivity index (χ2n) is 16.9. The topological polar surface area (TPSA) is 219 Å². The molecule has 2 saturated heterocycles. The summed E-state index contributed by atoms with van der Waals surface area (Å²) in [5, 5.41) is 8.60. The third-order valence-electron chi connectivity index (χ3n) is 11.8. The first-order chi connectivity index (χ1) is 36.6. The van der Waals surface area contributed by atoms with Gasteiger partial charge in [0, 0.05) is 0 Å². The zero-order chi connectivity index (χ0) is 53.8. The molecule has 0 aromatic heterocycles. The number of alkyl halides is 3. The van der Waals surface area contributed by atoms with Gasteiger partial charge in [0.1, 0.15) is 6.10 Å². The molecule has 17 nitrogen and oxygen atoms in total. The number of carbonyl (C=O) groups is 6. The van der Waals surface area contributed by atoms with E-state index >= 15 is 0 Å². The van der Waals surface area contributed by atoms with Gasteiger partial charge in [-0.2, -0.15) is 0 Å². The van der Waals surface area contributed by atoms with E-state index in [9.17, 15) is 28.8 Å². The maximum absolute atomic E-state index is 14.2. The van der Waals surface area contributed by atoms with Crippen LogP contribution in [-0.2, 0) is 47.4 Å². The van der Waals surface area contributed by atoms with Gasteiger partial charge in [-0.1, -0.05) is 144 Å². The van der Waals surface area contributed by atoms with Crippen LogP contribution in [0.1, 0.15) is 69.1 Å². The summed E-state index contributed by atoms with van der Waals surface area (Å²) in [7, 11) is 0. The summed E-state index contributed by atoms with van der Waals surface area (Å²) in [6.07, 6.45) is -17.2. The Balaban J connectivity index is 1.21. The third kappa shape index (κ3) is 13.8. The Morgan fingerprint density at radius 2 is 0.671 bits per heavy atom. The summed E-state index contributed by atoms with van der Waals surface area (Å²) in [5.41, 5.74) is 0.347. The van der Waals surface area contributed by atoms with Gasteiger partial charge in [0.15, 0.2) is 36.8 Å². The van der Waals surface area contributed by atoms with Gasteiger partial charge in [0.2, 0.25) is 18.3 Å². The van der Waals surface area contributed by atoms with E-state index in [1.54, 1.807) is 109 Å². The van der Waals surface area contributed by atoms with Crippen molar-refractivity contribution in [3.05, 3.63) is 215 Å². The van der Waals surface area contributed by atoms with Crippen molar-refractivity contribution in [2.75, 3.05) is 6.61 Å². The average molecular weight is 1100 g/mol. The molecule has 0 radical (unpaired) electrons. The lowest BCUT2D eigenvalue weighted by Gasteiger charge is -2.46. The van der Waals surface area contributed by atoms with Crippen molar-refractivity contribution < 1.29 is 76.1 Å². The number of carbonyl (C=O) groups excluding carboxylic acids is 6. The molecule has 392 valence electrons. The van der Waals surface area contributed by atoms with Crippen molar-refractivity contribution >= 4 is 76.5 Å². The lowest BCUT2D eigenvalue weighted by Crippen LogP contribution is -2.65. The fourth-order valence-electron chi connectivity index (χ4n) is 8.01. The first-order valence-electron chi connectivity index (χ1n) is 23.5. The number of esters is 6. The van der Waals surface area contributed by atoms with E-state index in [-0.39, 0.29) is 33.4 Å². The van der Waals surface area contributed by atoms with Gasteiger partial charge in [-0.15, -0.1) is 0 Å². The molecule has 0 aliphatic carbocycles. The Kier molecular flexibility index (Phi) is 18.2. The number of rotatable bonds is 16. The number of halogens is 3. The van der Waals surface area contributed by atoms with Crippen LogP contribution in [0.15, 0.2) is 182 Å². The number of benzene rings is 6. The molecule has 0 spiro atoms. The van der Waals surface area contributed by atoms with Crippen LogP contribution in [0.4, 0.5) is 0 Å². The Morgan fingerprint density at radius 3 is 1.00 bits per heavy atom. The highest BCUT2D eigenvalue weighted by Crippen LogP contribution is 2.37. The fraction of sp³-hybridized carbons (Fsp3) is 0.232. The largest absolute Gasteiger partial charge is 0.452 e. The quantitative estimate of drug-likeness (QED) is 0.0314. The van der Waals surface area contributed by atoms with Gasteiger partial charge in [-0.25, -0.2) is 28.8 Å². The summed E-state index contributed by atoms with van der Waals surface area (Å²) in [6.45, 7) is 0.716. The van der Waals surface area contributed by atoms with Gasteiger partial charge in [-0.05, 0) is 79.7 Å². The molecule has 0 bridgehead atoms. The summed E-state index contributed by atoms with van der Waals surface area (Å²) in [6, 6.07) is 46.6. The highest BCUT2D eigenvalue weighted by molar-refractivity contribution is 6.76. The first-order valence-corrected chi connectivity index (χ1v) is 24.6. The van der Waals surface area contributed by atoms with E-state index in [4.69, 9.17) is 87.6 Å². The summed E-state index contributed by atoms with van der Waals surface area (Å²) >= 11 is 18.3. The van der Waals surface area contributed by atoms with Gasteiger partial charge < -0.3 is 47.4 Å². The number of ether oxygens (including phenoxy) is 10. The summed E-state index contributed by atoms with van der Waals surface area (Å²) < 4.78 is 59.1. The first kappa shape index (κ1) is 54.6. The van der Waals surface area contributed by atoms with Gasteiger partial charge >= 0.3 is 35.8 Å². The van der Waals surface area contributed by atoms with E-state index in [0.29, 0.717) is 0 Å². The monoisotopic (exact) mass is 1090 g/mol. The lowest BCUT2D eigenvalue weighted by molar-refractivity contribution is -0.317. The van der Waals surface area contributed by atoms with Crippen LogP contribution < -0.4 is 0 Å². The maximum atomic E-state index is 14.2. The van der Waals surface area contributed by atoms with E-state index in [0.717, 1.165) is 0 Å². The highest BCUT2D eigenvalue weighted by Gasteiger charge is 2.57. The van der Waals surface area contributed by atoms with E-state index in [1.165, 1.54) is 79.7 Å². The molecule has 6 aromatic carbocycles. The molecular formula is C56H46Cl3NO16. The van der Waals surface area contributed by atoms with Crippen LogP contribution in [0.25, 0.3) is 0 Å². The van der Waals surface area contributed by atoms with E-state index in [2.05, 4.69) is 0 Å². The average Bonchev–Trinajstić information content (AvgIpc) is 3.45. The lowest BCUT2D eigenvalue weighted by atomic mass is 9.97. The molecule has 1 unspecified atom stereocenters. The van der Waals surface area contributed by atoms with Crippen LogP contribution in [-0.4, -0.2) is 114 Å². The highest BCUT2D eigenvalue weighted by atomic mass is 35.6. The predicted molar refractivity (Wildman–Crippen MR) is 272 cm³/mol. The Bertz CT molecular complexity index is 2960. The SMILES string of the molecule is C[C@H]1O[C@@H](OC[C@H]2O[C@@H](OC(=N)C(Cl)(Cl)Cl)[C@H](OC(=O)c3ccccc3)[C@@H](OC(=O)c3ccccc3)[C@@H]2OC(=O)c2ccccc2)C(OC(=O)c2ccccc2)[C@@H](OC(=O)c2ccccc2)[C@@H]1OC(=O)c1ccccc1. The Morgan fingerprint density at radius 1 is 0.395 bits per heavy atom. The van der Waals surface area contributed by atoms with Crippen molar-refractivity contribution in [3.63, 3.8) is 0 Å². The zero-order valence-electron chi connectivity index (χ0n) is 40.0. The number of nitrogens with one attached hydrogen (secondary N) is 1. The fourth-order valence-corrected chi connectivity index (χ4v) is 8.14. The van der Waals surface area contributed by atoms with Crippen LogP contribution in [0, 0.1) is 5.41 Å². The summed E-state index contributed by atoms with van der Waals surface area (Å²) in [5.74, 6) is -6.69. The molecule has 6 aromatic rings. The van der Waals surface area contributed by atoms with E-state index < -0.39 is 114 Å². The molecule has 10 atom stereocenters. The predicted octanol–water partition coefficient (Wildman–Crippen LogP) is 9.19. The zero-order valence-corrected chi connectivity index (χ0v) is 42.2. The minimum Gasteiger partial charge on any atom is -0.452 e. The maximum Gasteiger partial charge on any atom is 0.338 e. The van der Waals surface area contributed by atoms with Crippen LogP contribution >= 0.6 is 34.8 Å². The molecule has 1 N–H and O–H groups in total. The minimum atomic E-state index is -2.54. The van der Waals surface area contributed by atoms with Crippen LogP contribution in [0.5, 0.6) is 0 Å². The van der Waals surface area contributed by atoms with Gasteiger partial charge in [-0.3, -0.25) is 5.41 Å². The minimum absolute atomic E-state index is 0.0147. The Hall–Kier alpha value is -7.64. The van der Waals surface area contributed by atoms with Crippen molar-refractivity contribution in [2.24, 2.45) is 0 Å². The molecule has 0 amide bonds. The third-order valence-corrected chi connectivity index (χ3v) is 12.3. The standard InChI is InChI=1S/C56H46Cl3NO16/c1-33-41(70-47(61)34-20-8-2-9-21-34)43(72-49(63)36-24-12-4-13-25-36)45(74-51(65)38-28-16-6-17-29-38)53(68-33)67-32-40-42(71-48(62)35-22-10-3-11-23-35)44(73-50(64)37-26-14-5-15-27-37)46(54(69-40)76-55(60)56(57,58)59)75-52(66)39-30-18-7-19-31-39/h2-31,33,40-46,53-54,60H,32H2,1H3/t33-,40-,41-,42-,43+,44+,45?,46-,53-,54+/m1/s1. The molecule has 2 aliphatic heterocycles. The van der Waals surface area contributed by atoms with Gasteiger partial charge in [0.25, 0.3) is 3.79 Å². The smallest absolute Gasteiger partial charge is 0.338 e. The van der Waals surface area contributed by atoms with Crippen LogP contribution in [0.3, 0.4) is 0 Å². The van der Waals surface area contributed by atoms with Crippen LogP contribution in [0.2, 0.25) is 0 Å². The molecule has 2 fully saturated rings. The van der Waals surface area contributed by atoms with Gasteiger partial charge in [0.05, 0.1) is 46.1 Å². The second kappa shape index (κ2) is 25.3. The van der Waals surface area contributed by atoms with Crippen molar-refractivity contribution in [3.8, 4) is 0 Å². The molecule has 8 rings (SSSR count).